The van der Waals surface area contributed by atoms with E-state index in [4.69, 9.17) is 9.90 Å². The molecule has 148 valence electrons. The van der Waals surface area contributed by atoms with E-state index in [2.05, 4.69) is 71.4 Å². The van der Waals surface area contributed by atoms with Gasteiger partial charge < -0.3 is 14.8 Å². The fourth-order valence-electron chi connectivity index (χ4n) is 6.14. The molecule has 4 heteroatoms. The molecule has 0 aliphatic heterocycles. The summed E-state index contributed by atoms with van der Waals surface area (Å²) in [4.78, 5) is 11.2. The van der Waals surface area contributed by atoms with E-state index in [0.717, 1.165) is 24.7 Å². The first-order valence-electron chi connectivity index (χ1n) is 10.4. The lowest BCUT2D eigenvalue weighted by Gasteiger charge is -2.53. The van der Waals surface area contributed by atoms with Crippen molar-refractivity contribution in [3.8, 4) is 0 Å². The second-order valence-electron chi connectivity index (χ2n) is 8.99. The highest BCUT2D eigenvalue weighted by Crippen LogP contribution is 2.56. The Morgan fingerprint density at radius 2 is 1.36 bits per heavy atom. The number of anilines is 2. The zero-order valence-electron chi connectivity index (χ0n) is 16.9. The van der Waals surface area contributed by atoms with E-state index >= 15 is 0 Å². The van der Waals surface area contributed by atoms with Crippen LogP contribution in [0.5, 0.6) is 0 Å². The molecule has 4 nitrogen and oxygen atoms in total. The third-order valence-electron chi connectivity index (χ3n) is 6.90. The maximum absolute atomic E-state index is 8.89. The Hall–Kier alpha value is -2.36. The predicted octanol–water partition coefficient (Wildman–Crippen LogP) is 3.42. The molecule has 0 atom stereocenters. The Bertz CT molecular complexity index is 777. The minimum absolute atomic E-state index is 0.429. The first-order chi connectivity index (χ1) is 13.4. The summed E-state index contributed by atoms with van der Waals surface area (Å²) in [6.07, 6.45) is 13.5. The summed E-state index contributed by atoms with van der Waals surface area (Å²) in [5.41, 5.74) is 2.94. The van der Waals surface area contributed by atoms with Crippen LogP contribution in [0, 0.1) is 17.8 Å². The molecule has 2 aromatic rings. The van der Waals surface area contributed by atoms with Crippen LogP contribution in [0.1, 0.15) is 45.4 Å². The van der Waals surface area contributed by atoms with E-state index in [1.807, 2.05) is 0 Å². The number of aromatic nitrogens is 1. The largest absolute Gasteiger partial charge is 0.550 e. The van der Waals surface area contributed by atoms with E-state index in [-0.39, 0.29) is 0 Å². The number of benzene rings is 1. The summed E-state index contributed by atoms with van der Waals surface area (Å²) >= 11 is 0. The molecule has 4 aliphatic rings. The smallest absolute Gasteiger partial charge is 0.171 e. The zero-order chi connectivity index (χ0) is 19.7. The van der Waals surface area contributed by atoms with Crippen LogP contribution < -0.4 is 14.6 Å². The Morgan fingerprint density at radius 3 is 1.82 bits per heavy atom. The third-order valence-corrected chi connectivity index (χ3v) is 6.90. The van der Waals surface area contributed by atoms with Gasteiger partial charge in [-0.15, -0.1) is 0 Å². The van der Waals surface area contributed by atoms with Crippen molar-refractivity contribution in [2.45, 2.75) is 51.0 Å². The van der Waals surface area contributed by atoms with Gasteiger partial charge >= 0.3 is 0 Å². The fourth-order valence-corrected chi connectivity index (χ4v) is 6.14. The quantitative estimate of drug-likeness (QED) is 0.769. The molecular formula is C24H30N2O2. The van der Waals surface area contributed by atoms with Crippen molar-refractivity contribution in [2.75, 3.05) is 11.9 Å². The van der Waals surface area contributed by atoms with Crippen LogP contribution in [0.25, 0.3) is 0 Å². The highest BCUT2D eigenvalue weighted by atomic mass is 16.4. The van der Waals surface area contributed by atoms with Crippen molar-refractivity contribution in [3.63, 3.8) is 0 Å². The molecule has 4 bridgehead atoms. The maximum atomic E-state index is 8.89. The molecule has 0 unspecified atom stereocenters. The second-order valence-corrected chi connectivity index (χ2v) is 8.99. The second kappa shape index (κ2) is 7.57. The van der Waals surface area contributed by atoms with Gasteiger partial charge in [0.25, 0.3) is 0 Å². The number of carboxylic acids is 1. The fraction of sp³-hybridized carbons (Fsp3) is 0.500. The van der Waals surface area contributed by atoms with Crippen LogP contribution in [0.15, 0.2) is 54.9 Å². The van der Waals surface area contributed by atoms with Gasteiger partial charge in [-0.05, 0) is 56.1 Å². The number of nitrogens with zero attached hydrogens (tertiary/aromatic N) is 2. The monoisotopic (exact) mass is 378 g/mol. The Labute approximate surface area is 167 Å². The van der Waals surface area contributed by atoms with Crippen molar-refractivity contribution in [1.29, 1.82) is 0 Å². The molecule has 1 heterocycles. The predicted molar refractivity (Wildman–Crippen MR) is 108 cm³/mol. The summed E-state index contributed by atoms with van der Waals surface area (Å²) < 4.78 is 2.57. The van der Waals surface area contributed by atoms with Crippen LogP contribution in [-0.4, -0.2) is 13.0 Å². The molecule has 6 rings (SSSR count). The number of para-hydroxylation sites is 1. The summed E-state index contributed by atoms with van der Waals surface area (Å²) in [6.45, 7) is 0.972. The Kier molecular flexibility index (Phi) is 5.13. The van der Waals surface area contributed by atoms with Crippen molar-refractivity contribution >= 4 is 17.3 Å². The average molecular weight is 379 g/mol. The summed E-state index contributed by atoms with van der Waals surface area (Å²) in [6, 6.07) is 15.2. The van der Waals surface area contributed by atoms with Crippen molar-refractivity contribution in [1.82, 2.24) is 0 Å². The van der Waals surface area contributed by atoms with Crippen molar-refractivity contribution < 1.29 is 14.5 Å². The third kappa shape index (κ3) is 3.78. The van der Waals surface area contributed by atoms with Crippen molar-refractivity contribution in [2.24, 2.45) is 17.8 Å². The molecule has 1 aromatic heterocycles. The van der Waals surface area contributed by atoms with Crippen LogP contribution in [0.2, 0.25) is 0 Å². The van der Waals surface area contributed by atoms with E-state index in [1.165, 1.54) is 49.9 Å². The van der Waals surface area contributed by atoms with Gasteiger partial charge in [-0.1, -0.05) is 18.2 Å². The van der Waals surface area contributed by atoms with E-state index in [0.29, 0.717) is 5.54 Å². The average Bonchev–Trinajstić information content (AvgIpc) is 2.67. The first-order valence-corrected chi connectivity index (χ1v) is 10.4. The van der Waals surface area contributed by atoms with Gasteiger partial charge in [0.2, 0.25) is 0 Å². The van der Waals surface area contributed by atoms with Crippen LogP contribution in [0.4, 0.5) is 11.4 Å². The van der Waals surface area contributed by atoms with Gasteiger partial charge in [0.1, 0.15) is 0 Å². The number of rotatable bonds is 3. The van der Waals surface area contributed by atoms with Gasteiger partial charge in [0.05, 0.1) is 5.69 Å². The lowest BCUT2D eigenvalue weighted by molar-refractivity contribution is -0.776. The Balaban J connectivity index is 0.000000442. The number of aliphatic carboxylic acids is 1. The maximum Gasteiger partial charge on any atom is 0.171 e. The molecule has 28 heavy (non-hydrogen) atoms. The molecular weight excluding hydrogens is 348 g/mol. The van der Waals surface area contributed by atoms with Crippen LogP contribution in [0.3, 0.4) is 0 Å². The zero-order valence-corrected chi connectivity index (χ0v) is 16.9. The van der Waals surface area contributed by atoms with E-state index in [9.17, 15) is 0 Å². The number of carbonyl (C=O) groups excluding carboxylic acids is 1. The summed E-state index contributed by atoms with van der Waals surface area (Å²) in [5.74, 6) is 1.90. The topological polar surface area (TPSA) is 47.2 Å². The van der Waals surface area contributed by atoms with Gasteiger partial charge in [-0.25, -0.2) is 0 Å². The molecule has 0 radical (unpaired) electrons. The van der Waals surface area contributed by atoms with Gasteiger partial charge in [0.15, 0.2) is 17.9 Å². The molecule has 0 saturated heterocycles. The summed E-state index contributed by atoms with van der Waals surface area (Å²) in [7, 11) is 2.15. The molecule has 4 aliphatic carbocycles. The molecule has 0 spiro atoms. The standard InChI is InChI=1S/C22H27N2.C2H4O2/c1-23(20-5-3-2-4-6-20)21-7-9-24(10-8-21)22-14-17-11-18(15-22)13-19(12-17)16-22;1-2(3)4/h2-10,17-19H,11-16H2,1H3;1H3,(H,3,4)/q+1;/p-1. The first kappa shape index (κ1) is 19.0. The number of carboxylic acid groups (broad SMARTS) is 1. The molecule has 0 amide bonds. The molecule has 4 saturated carbocycles. The highest BCUT2D eigenvalue weighted by molar-refractivity contribution is 5.61. The van der Waals surface area contributed by atoms with Gasteiger partial charge in [-0.3, -0.25) is 0 Å². The summed E-state index contributed by atoms with van der Waals surface area (Å²) in [5, 5.41) is 8.89. The SMILES string of the molecule is CC(=O)[O-].CN(c1ccccc1)c1cc[n+](C23CC4CC(CC(C4)C2)C3)cc1. The molecule has 4 fully saturated rings. The minimum atomic E-state index is -1.08. The van der Waals surface area contributed by atoms with E-state index < -0.39 is 5.97 Å². The van der Waals surface area contributed by atoms with Gasteiger partial charge in [-0.2, -0.15) is 4.57 Å². The number of carbonyl (C=O) groups is 1. The molecule has 0 N–H and O–H groups in total. The lowest BCUT2D eigenvalue weighted by atomic mass is 9.53. The van der Waals surface area contributed by atoms with Gasteiger partial charge in [0, 0.05) is 50.1 Å². The number of pyridine rings is 1. The number of hydrogen-bond acceptors (Lipinski definition) is 3. The van der Waals surface area contributed by atoms with Crippen LogP contribution >= 0.6 is 0 Å². The lowest BCUT2D eigenvalue weighted by Crippen LogP contribution is -2.64. The Morgan fingerprint density at radius 1 is 0.929 bits per heavy atom. The molecule has 1 aromatic carbocycles. The van der Waals surface area contributed by atoms with Crippen LogP contribution in [-0.2, 0) is 10.3 Å². The van der Waals surface area contributed by atoms with Crippen molar-refractivity contribution in [3.05, 3.63) is 54.9 Å². The van der Waals surface area contributed by atoms with E-state index in [1.54, 1.807) is 0 Å². The normalized spacial score (nSPS) is 29.7. The minimum Gasteiger partial charge on any atom is -0.550 e. The number of hydrogen-bond donors (Lipinski definition) is 0. The highest BCUT2D eigenvalue weighted by Gasteiger charge is 2.56.